The zero-order valence-electron chi connectivity index (χ0n) is 21.5. The van der Waals surface area contributed by atoms with Gasteiger partial charge in [0.1, 0.15) is 11.8 Å². The van der Waals surface area contributed by atoms with Crippen LogP contribution in [0.4, 0.5) is 5.69 Å². The number of amides is 2. The lowest BCUT2D eigenvalue weighted by Crippen LogP contribution is -2.46. The van der Waals surface area contributed by atoms with Crippen molar-refractivity contribution in [2.75, 3.05) is 12.0 Å². The lowest BCUT2D eigenvalue weighted by atomic mass is 9.85. The minimum Gasteiger partial charge on any atom is -0.496 e. The standard InChI is InChI=1S/C31H21BrCl2N2O5/c1-41-24-10-7-17(13-20(24)32)29(38)27-26-25(30(39)36(31(26)40)22-9-8-19(33)15-21(22)34)23-14-18(11-12-35(23)27)28(37)16-5-3-2-4-6-16/h2-15,23,25-27H,1H3/t23-,25-,26+,27+/m1/s1. The number of imide groups is 1. The molecule has 0 N–H and O–H groups in total. The van der Waals surface area contributed by atoms with E-state index in [-0.39, 0.29) is 22.3 Å². The summed E-state index contributed by atoms with van der Waals surface area (Å²) in [5, 5.41) is 0.490. The number of rotatable bonds is 6. The molecule has 2 saturated heterocycles. The molecule has 2 amide bonds. The monoisotopic (exact) mass is 650 g/mol. The Balaban J connectivity index is 1.45. The van der Waals surface area contributed by atoms with Gasteiger partial charge >= 0.3 is 0 Å². The van der Waals surface area contributed by atoms with Crippen LogP contribution < -0.4 is 9.64 Å². The Bertz CT molecular complexity index is 1690. The van der Waals surface area contributed by atoms with Crippen LogP contribution in [0.1, 0.15) is 20.7 Å². The van der Waals surface area contributed by atoms with Crippen LogP contribution in [-0.2, 0) is 9.59 Å². The van der Waals surface area contributed by atoms with E-state index in [4.69, 9.17) is 27.9 Å². The topological polar surface area (TPSA) is 84.0 Å². The van der Waals surface area contributed by atoms with Crippen LogP contribution in [0.25, 0.3) is 0 Å². The number of methoxy groups -OCH3 is 1. The van der Waals surface area contributed by atoms with Crippen molar-refractivity contribution in [3.05, 3.63) is 116 Å². The Labute approximate surface area is 254 Å². The van der Waals surface area contributed by atoms with Gasteiger partial charge in [0.25, 0.3) is 0 Å². The third-order valence-corrected chi connectivity index (χ3v) is 8.86. The molecule has 7 nitrogen and oxygen atoms in total. The van der Waals surface area contributed by atoms with Crippen molar-refractivity contribution in [3.63, 3.8) is 0 Å². The minimum atomic E-state index is -1.01. The van der Waals surface area contributed by atoms with Gasteiger partial charge in [-0.25, -0.2) is 4.90 Å². The zero-order chi connectivity index (χ0) is 29.0. The van der Waals surface area contributed by atoms with E-state index in [1.165, 1.54) is 19.2 Å². The molecule has 3 heterocycles. The fourth-order valence-electron chi connectivity index (χ4n) is 5.84. The Morgan fingerprint density at radius 3 is 2.32 bits per heavy atom. The van der Waals surface area contributed by atoms with E-state index < -0.39 is 35.7 Å². The summed E-state index contributed by atoms with van der Waals surface area (Å²) in [6.45, 7) is 0. The van der Waals surface area contributed by atoms with Gasteiger partial charge in [-0.3, -0.25) is 19.2 Å². The summed E-state index contributed by atoms with van der Waals surface area (Å²) in [7, 11) is 1.52. The molecule has 0 spiro atoms. The Morgan fingerprint density at radius 1 is 0.902 bits per heavy atom. The fourth-order valence-corrected chi connectivity index (χ4v) is 6.88. The summed E-state index contributed by atoms with van der Waals surface area (Å²) < 4.78 is 5.87. The van der Waals surface area contributed by atoms with Gasteiger partial charge in [-0.15, -0.1) is 0 Å². The van der Waals surface area contributed by atoms with Crippen LogP contribution >= 0.6 is 39.1 Å². The van der Waals surface area contributed by atoms with Gasteiger partial charge in [-0.05, 0) is 58.4 Å². The van der Waals surface area contributed by atoms with E-state index in [0.717, 1.165) is 4.90 Å². The number of nitrogens with zero attached hydrogens (tertiary/aromatic N) is 2. The summed E-state index contributed by atoms with van der Waals surface area (Å²) in [4.78, 5) is 58.2. The number of carbonyl (C=O) groups excluding carboxylic acids is 4. The first-order chi connectivity index (χ1) is 19.7. The molecule has 2 fully saturated rings. The average Bonchev–Trinajstić information content (AvgIpc) is 3.44. The predicted octanol–water partition coefficient (Wildman–Crippen LogP) is 6.14. The third kappa shape index (κ3) is 4.51. The maximum atomic E-state index is 14.1. The third-order valence-electron chi connectivity index (χ3n) is 7.70. The maximum absolute atomic E-state index is 14.1. The van der Waals surface area contributed by atoms with Crippen LogP contribution in [0, 0.1) is 11.8 Å². The molecule has 4 atom stereocenters. The van der Waals surface area contributed by atoms with Crippen molar-refractivity contribution in [1.82, 2.24) is 4.90 Å². The van der Waals surface area contributed by atoms with Crippen LogP contribution in [0.15, 0.2) is 95.1 Å². The van der Waals surface area contributed by atoms with Crippen LogP contribution in [0.3, 0.4) is 0 Å². The first-order valence-corrected chi connectivity index (χ1v) is 14.2. The number of ketones is 2. The number of allylic oxidation sites excluding steroid dienone is 2. The number of halogens is 3. The molecule has 3 aromatic rings. The summed E-state index contributed by atoms with van der Waals surface area (Å²) >= 11 is 15.9. The Morgan fingerprint density at radius 2 is 1.63 bits per heavy atom. The molecule has 3 aliphatic rings. The number of fused-ring (bicyclic) bond motifs is 3. The van der Waals surface area contributed by atoms with Gasteiger partial charge in [-0.1, -0.05) is 59.6 Å². The first-order valence-electron chi connectivity index (χ1n) is 12.7. The van der Waals surface area contributed by atoms with E-state index in [0.29, 0.717) is 31.9 Å². The molecule has 3 aliphatic heterocycles. The molecular weight excluding hydrogens is 631 g/mol. The van der Waals surface area contributed by atoms with E-state index in [9.17, 15) is 19.2 Å². The summed E-state index contributed by atoms with van der Waals surface area (Å²) in [6, 6.07) is 16.5. The molecule has 0 aliphatic carbocycles. The van der Waals surface area contributed by atoms with Crippen LogP contribution in [0.2, 0.25) is 10.0 Å². The van der Waals surface area contributed by atoms with Crippen LogP contribution in [0.5, 0.6) is 5.75 Å². The van der Waals surface area contributed by atoms with Gasteiger partial charge in [0.15, 0.2) is 11.6 Å². The molecule has 3 aromatic carbocycles. The number of ether oxygens (including phenoxy) is 1. The largest absolute Gasteiger partial charge is 0.496 e. The van der Waals surface area contributed by atoms with Gasteiger partial charge in [-0.2, -0.15) is 0 Å². The smallest absolute Gasteiger partial charge is 0.240 e. The molecule has 6 rings (SSSR count). The summed E-state index contributed by atoms with van der Waals surface area (Å²) in [5.41, 5.74) is 1.40. The van der Waals surface area contributed by atoms with E-state index >= 15 is 0 Å². The Kier molecular flexibility index (Phi) is 7.09. The van der Waals surface area contributed by atoms with Gasteiger partial charge in [0.2, 0.25) is 11.8 Å². The first kappa shape index (κ1) is 27.4. The lowest BCUT2D eigenvalue weighted by Gasteiger charge is -2.33. The molecular formula is C31H21BrCl2N2O5. The zero-order valence-corrected chi connectivity index (χ0v) is 24.6. The highest BCUT2D eigenvalue weighted by Gasteiger charge is 2.63. The second kappa shape index (κ2) is 10.6. The number of anilines is 1. The Hall–Kier alpha value is -3.72. The average molecular weight is 652 g/mol. The van der Waals surface area contributed by atoms with Crippen molar-refractivity contribution >= 4 is 68.2 Å². The fraction of sp³-hybridized carbons (Fsp3) is 0.161. The number of hydrogen-bond acceptors (Lipinski definition) is 6. The predicted molar refractivity (Wildman–Crippen MR) is 158 cm³/mol. The SMILES string of the molecule is COc1ccc(C(=O)[C@@H]2[C@H]3C(=O)N(c4ccc(Cl)cc4Cl)C(=O)[C@@H]3[C@H]3C=C(C(=O)c4ccccc4)C=CN32)cc1Br. The van der Waals surface area contributed by atoms with Crippen molar-refractivity contribution in [2.45, 2.75) is 12.1 Å². The summed E-state index contributed by atoms with van der Waals surface area (Å²) in [5.74, 6) is -2.99. The second-order valence-electron chi connectivity index (χ2n) is 9.89. The van der Waals surface area contributed by atoms with E-state index in [1.54, 1.807) is 71.8 Å². The highest BCUT2D eigenvalue weighted by atomic mass is 79.9. The molecule has 10 heteroatoms. The summed E-state index contributed by atoms with van der Waals surface area (Å²) in [6.07, 6.45) is 4.95. The van der Waals surface area contributed by atoms with Crippen molar-refractivity contribution < 1.29 is 23.9 Å². The quantitative estimate of drug-likeness (QED) is 0.235. The number of benzene rings is 3. The van der Waals surface area contributed by atoms with Crippen molar-refractivity contribution in [2.24, 2.45) is 11.8 Å². The van der Waals surface area contributed by atoms with E-state index in [1.807, 2.05) is 6.07 Å². The highest BCUT2D eigenvalue weighted by Crippen LogP contribution is 2.48. The number of hydrogen-bond donors (Lipinski definition) is 0. The molecule has 0 unspecified atom stereocenters. The highest BCUT2D eigenvalue weighted by molar-refractivity contribution is 9.10. The van der Waals surface area contributed by atoms with Gasteiger partial charge in [0, 0.05) is 27.9 Å². The van der Waals surface area contributed by atoms with Gasteiger partial charge in [0.05, 0.1) is 40.2 Å². The lowest BCUT2D eigenvalue weighted by molar-refractivity contribution is -0.123. The van der Waals surface area contributed by atoms with E-state index in [2.05, 4.69) is 15.9 Å². The van der Waals surface area contributed by atoms with Crippen molar-refractivity contribution in [3.8, 4) is 5.75 Å². The molecule has 0 saturated carbocycles. The molecule has 41 heavy (non-hydrogen) atoms. The number of Topliss-reactive ketones (excluding diaryl/α,β-unsaturated/α-hetero) is 2. The molecule has 0 aromatic heterocycles. The van der Waals surface area contributed by atoms with Crippen LogP contribution in [-0.4, -0.2) is 47.5 Å². The van der Waals surface area contributed by atoms with Gasteiger partial charge < -0.3 is 9.64 Å². The second-order valence-corrected chi connectivity index (χ2v) is 11.6. The minimum absolute atomic E-state index is 0.136. The molecule has 0 radical (unpaired) electrons. The molecule has 0 bridgehead atoms. The normalized spacial score (nSPS) is 22.9. The molecule has 206 valence electrons. The number of carbonyl (C=O) groups is 4. The van der Waals surface area contributed by atoms with Crippen molar-refractivity contribution in [1.29, 1.82) is 0 Å². The maximum Gasteiger partial charge on any atom is 0.240 e.